The number of hydrogen-bond acceptors (Lipinski definition) is 4. The molecule has 1 unspecified atom stereocenters. The van der Waals surface area contributed by atoms with E-state index in [0.29, 0.717) is 17.2 Å². The van der Waals surface area contributed by atoms with Crippen molar-refractivity contribution in [1.82, 2.24) is 15.2 Å². The van der Waals surface area contributed by atoms with Gasteiger partial charge in [-0.15, -0.1) is 12.4 Å². The van der Waals surface area contributed by atoms with Crippen molar-refractivity contribution in [3.8, 4) is 0 Å². The number of hydrogen-bond donors (Lipinski definition) is 1. The normalized spacial score (nSPS) is 28.3. The van der Waals surface area contributed by atoms with Crippen LogP contribution in [-0.4, -0.2) is 40.5 Å². The van der Waals surface area contributed by atoms with Crippen molar-refractivity contribution in [2.45, 2.75) is 38.3 Å². The molecule has 1 N–H and O–H groups in total. The van der Waals surface area contributed by atoms with Crippen molar-refractivity contribution < 1.29 is 9.21 Å². The Kier molecular flexibility index (Phi) is 4.10. The fraction of sp³-hybridized carbons (Fsp3) is 0.529. The summed E-state index contributed by atoms with van der Waals surface area (Å²) in [5.74, 6) is 0.483. The maximum Gasteiger partial charge on any atom is 0.270 e. The van der Waals surface area contributed by atoms with Crippen LogP contribution in [0.15, 0.2) is 29.0 Å². The Morgan fingerprint density at radius 1 is 1.39 bits per heavy atom. The van der Waals surface area contributed by atoms with E-state index in [-0.39, 0.29) is 29.9 Å². The zero-order valence-corrected chi connectivity index (χ0v) is 14.2. The number of piperidine rings is 3. The summed E-state index contributed by atoms with van der Waals surface area (Å²) in [6, 6.07) is 3.83. The second-order valence-corrected chi connectivity index (χ2v) is 6.96. The van der Waals surface area contributed by atoms with Gasteiger partial charge in [0, 0.05) is 17.0 Å². The van der Waals surface area contributed by atoms with Gasteiger partial charge in [-0.1, -0.05) is 0 Å². The standard InChI is InChI=1S/C17H21N3O2.ClH/c1-17(2)15(11-3-6-20(17)7-4-11)19-16(21)13-9-12-5-8-22-14(12)10-18-13;/h5,8-11,15H,3-4,6-7H2,1-2H3,(H,19,21);1H. The second kappa shape index (κ2) is 5.80. The lowest BCUT2D eigenvalue weighted by Crippen LogP contribution is -2.69. The molecule has 2 bridgehead atoms. The van der Waals surface area contributed by atoms with Gasteiger partial charge in [0.25, 0.3) is 5.91 Å². The van der Waals surface area contributed by atoms with E-state index in [2.05, 4.69) is 29.0 Å². The number of furan rings is 1. The van der Waals surface area contributed by atoms with E-state index in [4.69, 9.17) is 4.42 Å². The third kappa shape index (κ3) is 2.62. The molecule has 0 aromatic carbocycles. The van der Waals surface area contributed by atoms with Gasteiger partial charge >= 0.3 is 0 Å². The maximum atomic E-state index is 12.6. The minimum atomic E-state index is -0.0880. The Balaban J connectivity index is 0.00000156. The van der Waals surface area contributed by atoms with Crippen molar-refractivity contribution in [3.05, 3.63) is 30.3 Å². The van der Waals surface area contributed by atoms with E-state index in [1.807, 2.05) is 6.07 Å². The van der Waals surface area contributed by atoms with Crippen LogP contribution in [-0.2, 0) is 0 Å². The molecule has 23 heavy (non-hydrogen) atoms. The number of nitrogens with one attached hydrogen (secondary N) is 1. The molecular formula is C17H22ClN3O2. The Bertz CT molecular complexity index is 719. The van der Waals surface area contributed by atoms with Crippen LogP contribution in [0.4, 0.5) is 0 Å². The molecule has 0 saturated carbocycles. The van der Waals surface area contributed by atoms with Gasteiger partial charge in [-0.25, -0.2) is 4.98 Å². The summed E-state index contributed by atoms with van der Waals surface area (Å²) in [5, 5.41) is 4.15. The van der Waals surface area contributed by atoms with Crippen molar-refractivity contribution in [1.29, 1.82) is 0 Å². The number of aromatic nitrogens is 1. The molecule has 0 spiro atoms. The zero-order chi connectivity index (χ0) is 15.3. The quantitative estimate of drug-likeness (QED) is 0.916. The van der Waals surface area contributed by atoms with Crippen molar-refractivity contribution >= 4 is 29.3 Å². The van der Waals surface area contributed by atoms with E-state index in [9.17, 15) is 4.79 Å². The van der Waals surface area contributed by atoms with E-state index in [0.717, 1.165) is 18.5 Å². The van der Waals surface area contributed by atoms with Crippen LogP contribution in [0.2, 0.25) is 0 Å². The first-order chi connectivity index (χ1) is 10.6. The molecule has 0 radical (unpaired) electrons. The Labute approximate surface area is 141 Å². The van der Waals surface area contributed by atoms with E-state index >= 15 is 0 Å². The van der Waals surface area contributed by atoms with Gasteiger partial charge in [0.05, 0.1) is 12.5 Å². The third-order valence-electron chi connectivity index (χ3n) is 5.45. The van der Waals surface area contributed by atoms with Crippen LogP contribution >= 0.6 is 12.4 Å². The van der Waals surface area contributed by atoms with Crippen LogP contribution in [0.5, 0.6) is 0 Å². The van der Waals surface area contributed by atoms with Crippen LogP contribution in [0.1, 0.15) is 37.2 Å². The first-order valence-electron chi connectivity index (χ1n) is 7.95. The molecule has 1 atom stereocenters. The van der Waals surface area contributed by atoms with Gasteiger partial charge in [-0.2, -0.15) is 0 Å². The summed E-state index contributed by atoms with van der Waals surface area (Å²) in [4.78, 5) is 19.3. The SMILES string of the molecule is CC1(C)C(NC(=O)c2cc3ccoc3cn2)C2CCN1CC2.Cl. The molecule has 3 fully saturated rings. The number of carbonyl (C=O) groups is 1. The molecule has 124 valence electrons. The number of amides is 1. The first kappa shape index (κ1) is 16.3. The summed E-state index contributed by atoms with van der Waals surface area (Å²) in [6.07, 6.45) is 5.57. The smallest absolute Gasteiger partial charge is 0.270 e. The minimum Gasteiger partial charge on any atom is -0.463 e. The highest BCUT2D eigenvalue weighted by Gasteiger charge is 2.48. The highest BCUT2D eigenvalue weighted by atomic mass is 35.5. The van der Waals surface area contributed by atoms with Gasteiger partial charge in [-0.3, -0.25) is 9.69 Å². The lowest BCUT2D eigenvalue weighted by atomic mass is 9.72. The number of nitrogens with zero attached hydrogens (tertiary/aromatic N) is 2. The van der Waals surface area contributed by atoms with Crippen molar-refractivity contribution in [2.75, 3.05) is 13.1 Å². The fourth-order valence-corrected chi connectivity index (χ4v) is 4.08. The molecular weight excluding hydrogens is 314 g/mol. The van der Waals surface area contributed by atoms with E-state index in [1.54, 1.807) is 18.5 Å². The molecule has 5 nitrogen and oxygen atoms in total. The van der Waals surface area contributed by atoms with E-state index < -0.39 is 0 Å². The number of rotatable bonds is 2. The van der Waals surface area contributed by atoms with Gasteiger partial charge in [-0.05, 0) is 57.8 Å². The molecule has 2 aromatic heterocycles. The number of carbonyl (C=O) groups excluding carboxylic acids is 1. The van der Waals surface area contributed by atoms with Crippen LogP contribution in [0, 0.1) is 5.92 Å². The van der Waals surface area contributed by atoms with Gasteiger partial charge < -0.3 is 9.73 Å². The predicted octanol–water partition coefficient (Wildman–Crippen LogP) is 2.85. The molecule has 6 heteroatoms. The molecule has 3 saturated heterocycles. The zero-order valence-electron chi connectivity index (χ0n) is 13.4. The Morgan fingerprint density at radius 3 is 2.83 bits per heavy atom. The molecule has 3 aliphatic heterocycles. The average Bonchev–Trinajstić information content (AvgIpc) is 2.98. The number of fused-ring (bicyclic) bond motifs is 4. The summed E-state index contributed by atoms with van der Waals surface area (Å²) in [5.41, 5.74) is 1.18. The van der Waals surface area contributed by atoms with Crippen molar-refractivity contribution in [3.63, 3.8) is 0 Å². The first-order valence-corrected chi connectivity index (χ1v) is 7.95. The largest absolute Gasteiger partial charge is 0.463 e. The topological polar surface area (TPSA) is 58.4 Å². The average molecular weight is 336 g/mol. The predicted molar refractivity (Wildman–Crippen MR) is 90.9 cm³/mol. The molecule has 0 aliphatic carbocycles. The minimum absolute atomic E-state index is 0. The highest BCUT2D eigenvalue weighted by molar-refractivity contribution is 5.95. The number of pyridine rings is 1. The summed E-state index contributed by atoms with van der Waals surface area (Å²) in [7, 11) is 0. The lowest BCUT2D eigenvalue weighted by molar-refractivity contribution is -0.0378. The highest BCUT2D eigenvalue weighted by Crippen LogP contribution is 2.39. The number of halogens is 1. The van der Waals surface area contributed by atoms with Crippen molar-refractivity contribution in [2.24, 2.45) is 5.92 Å². The molecule has 5 heterocycles. The third-order valence-corrected chi connectivity index (χ3v) is 5.45. The molecule has 2 aromatic rings. The van der Waals surface area contributed by atoms with Crippen LogP contribution in [0.3, 0.4) is 0 Å². The van der Waals surface area contributed by atoms with Gasteiger partial charge in [0.15, 0.2) is 5.58 Å². The molecule has 3 aliphatic rings. The maximum absolute atomic E-state index is 12.6. The second-order valence-electron chi connectivity index (χ2n) is 6.96. The van der Waals surface area contributed by atoms with Gasteiger partial charge in [0.1, 0.15) is 5.69 Å². The summed E-state index contributed by atoms with van der Waals surface area (Å²) < 4.78 is 5.28. The summed E-state index contributed by atoms with van der Waals surface area (Å²) in [6.45, 7) is 6.75. The lowest BCUT2D eigenvalue weighted by Gasteiger charge is -2.56. The molecule has 1 amide bonds. The fourth-order valence-electron chi connectivity index (χ4n) is 4.08. The van der Waals surface area contributed by atoms with E-state index in [1.165, 1.54) is 12.8 Å². The van der Waals surface area contributed by atoms with Crippen LogP contribution < -0.4 is 5.32 Å². The Hall–Kier alpha value is -1.59. The van der Waals surface area contributed by atoms with Crippen LogP contribution in [0.25, 0.3) is 11.0 Å². The Morgan fingerprint density at radius 2 is 2.13 bits per heavy atom. The molecule has 5 rings (SSSR count). The summed E-state index contributed by atoms with van der Waals surface area (Å²) >= 11 is 0. The van der Waals surface area contributed by atoms with Gasteiger partial charge in [0.2, 0.25) is 0 Å². The monoisotopic (exact) mass is 335 g/mol.